The van der Waals surface area contributed by atoms with Gasteiger partial charge in [0.25, 0.3) is 0 Å². The Bertz CT molecular complexity index is 1070. The van der Waals surface area contributed by atoms with Crippen molar-refractivity contribution < 1.29 is 14.3 Å². The summed E-state index contributed by atoms with van der Waals surface area (Å²) in [7, 11) is 2.18. The van der Waals surface area contributed by atoms with E-state index in [1.807, 2.05) is 6.08 Å². The Labute approximate surface area is 388 Å². The average Bonchev–Trinajstić information content (AvgIpc) is 3.26. The van der Waals surface area contributed by atoms with Crippen molar-refractivity contribution in [1.82, 2.24) is 4.90 Å². The highest BCUT2D eigenvalue weighted by atomic mass is 16.6. The largest absolute Gasteiger partial charge is 0.490 e. The molecule has 0 aliphatic carbocycles. The molecule has 0 aliphatic rings. The number of hydrogen-bond donors (Lipinski definition) is 0. The van der Waals surface area contributed by atoms with Crippen LogP contribution in [0.1, 0.15) is 258 Å². The van der Waals surface area contributed by atoms with Crippen LogP contribution < -0.4 is 0 Å². The van der Waals surface area contributed by atoms with Gasteiger partial charge in [-0.15, -0.1) is 6.58 Å². The predicted molar refractivity (Wildman–Crippen MR) is 276 cm³/mol. The molecule has 0 amide bonds. The fraction of sp³-hybridized carbons (Fsp3) is 0.776. The lowest BCUT2D eigenvalue weighted by atomic mass is 10.0. The fourth-order valence-electron chi connectivity index (χ4n) is 8.00. The average molecular weight is 864 g/mol. The van der Waals surface area contributed by atoms with Crippen LogP contribution in [0, 0.1) is 0 Å². The standard InChI is InChI=1S/C58H105NO3/c1-6-9-12-15-18-21-24-27-29-30-32-35-38-41-44-47-50-53-59(5)54-57(55-61-58(60)52-49-46-43-40-37-33-26-23-20-17-14-11-8-3)62-56(4)51-48-45-42-39-36-34-31-28-25-22-19-16-13-10-7-2/h6,12,15,21,24,28-31,57H,1,4,7-11,13-14,16-20,22-23,25-27,32-55H2,2-3,5H3/b15-12-,24-21-,30-29-,31-28-. The van der Waals surface area contributed by atoms with E-state index in [0.717, 1.165) is 63.8 Å². The van der Waals surface area contributed by atoms with Gasteiger partial charge < -0.3 is 14.4 Å². The second-order valence-corrected chi connectivity index (χ2v) is 18.4. The fourth-order valence-corrected chi connectivity index (χ4v) is 8.00. The van der Waals surface area contributed by atoms with Crippen LogP contribution in [-0.4, -0.2) is 43.7 Å². The molecule has 0 aromatic carbocycles. The molecule has 0 spiro atoms. The maximum absolute atomic E-state index is 12.8. The molecule has 62 heavy (non-hydrogen) atoms. The third-order valence-corrected chi connectivity index (χ3v) is 12.0. The van der Waals surface area contributed by atoms with Crippen molar-refractivity contribution in [1.29, 1.82) is 0 Å². The number of carbonyl (C=O) groups excluding carboxylic acids is 1. The number of carbonyl (C=O) groups is 1. The van der Waals surface area contributed by atoms with Gasteiger partial charge in [0.15, 0.2) is 0 Å². The summed E-state index contributed by atoms with van der Waals surface area (Å²) in [4.78, 5) is 15.1. The van der Waals surface area contributed by atoms with E-state index in [1.54, 1.807) is 0 Å². The number of ether oxygens (including phenoxy) is 2. The zero-order valence-corrected chi connectivity index (χ0v) is 41.9. The van der Waals surface area contributed by atoms with Crippen molar-refractivity contribution in [2.75, 3.05) is 26.7 Å². The molecular formula is C58H105NO3. The lowest BCUT2D eigenvalue weighted by molar-refractivity contribution is -0.147. The van der Waals surface area contributed by atoms with E-state index in [0.29, 0.717) is 13.0 Å². The van der Waals surface area contributed by atoms with E-state index in [2.05, 4.69) is 87.6 Å². The molecule has 4 nitrogen and oxygen atoms in total. The Balaban J connectivity index is 4.40. The van der Waals surface area contributed by atoms with E-state index in [-0.39, 0.29) is 12.1 Å². The molecule has 1 atom stereocenters. The van der Waals surface area contributed by atoms with Gasteiger partial charge in [0, 0.05) is 19.4 Å². The van der Waals surface area contributed by atoms with Crippen LogP contribution in [0.5, 0.6) is 0 Å². The monoisotopic (exact) mass is 864 g/mol. The maximum Gasteiger partial charge on any atom is 0.305 e. The van der Waals surface area contributed by atoms with Gasteiger partial charge in [0.2, 0.25) is 0 Å². The molecule has 4 heteroatoms. The van der Waals surface area contributed by atoms with Gasteiger partial charge in [-0.3, -0.25) is 4.79 Å². The molecule has 0 heterocycles. The first-order chi connectivity index (χ1) is 30.5. The van der Waals surface area contributed by atoms with Crippen LogP contribution in [0.15, 0.2) is 73.6 Å². The van der Waals surface area contributed by atoms with Gasteiger partial charge in [0.1, 0.15) is 12.7 Å². The number of hydrogen-bond acceptors (Lipinski definition) is 4. The Morgan fingerprint density at radius 3 is 1.32 bits per heavy atom. The van der Waals surface area contributed by atoms with Crippen LogP contribution in [0.25, 0.3) is 0 Å². The summed E-state index contributed by atoms with van der Waals surface area (Å²) in [6, 6.07) is 0. The molecule has 360 valence electrons. The Morgan fingerprint density at radius 2 is 0.855 bits per heavy atom. The predicted octanol–water partition coefficient (Wildman–Crippen LogP) is 18.6. The molecule has 0 saturated carbocycles. The SMILES string of the molecule is C=CC/C=C\C/C=C\C/C=C\CCCCCCCCN(C)CC(COC(=O)CCCCCCCCCCCCCCC)OC(=C)CCCCCCC/C=C\CCCCCCCC. The zero-order valence-electron chi connectivity index (χ0n) is 41.9. The molecule has 0 saturated heterocycles. The minimum absolute atomic E-state index is 0.0809. The Hall–Kier alpha value is -2.33. The summed E-state index contributed by atoms with van der Waals surface area (Å²) in [6.45, 7) is 14.7. The van der Waals surface area contributed by atoms with Gasteiger partial charge in [0.05, 0.1) is 5.76 Å². The molecule has 0 rings (SSSR count). The summed E-state index contributed by atoms with van der Waals surface area (Å²) < 4.78 is 12.2. The quantitative estimate of drug-likeness (QED) is 0.0264. The van der Waals surface area contributed by atoms with E-state index in [4.69, 9.17) is 9.47 Å². The summed E-state index contributed by atoms with van der Waals surface area (Å²) in [5.74, 6) is 0.759. The molecule has 0 aromatic rings. The number of unbranched alkanes of at least 4 members (excludes halogenated alkanes) is 29. The van der Waals surface area contributed by atoms with Crippen LogP contribution in [0.3, 0.4) is 0 Å². The van der Waals surface area contributed by atoms with Gasteiger partial charge in [-0.25, -0.2) is 0 Å². The molecule has 0 fully saturated rings. The molecule has 0 aliphatic heterocycles. The molecular weight excluding hydrogens is 759 g/mol. The first kappa shape index (κ1) is 59.7. The van der Waals surface area contributed by atoms with Crippen LogP contribution in [0.4, 0.5) is 0 Å². The second kappa shape index (κ2) is 51.3. The minimum atomic E-state index is -0.172. The van der Waals surface area contributed by atoms with Crippen molar-refractivity contribution >= 4 is 5.97 Å². The molecule has 0 bridgehead atoms. The van der Waals surface area contributed by atoms with Crippen molar-refractivity contribution in [3.8, 4) is 0 Å². The van der Waals surface area contributed by atoms with Crippen molar-refractivity contribution in [3.05, 3.63) is 73.6 Å². The van der Waals surface area contributed by atoms with Crippen molar-refractivity contribution in [2.24, 2.45) is 0 Å². The molecule has 0 radical (unpaired) electrons. The van der Waals surface area contributed by atoms with Crippen LogP contribution in [0.2, 0.25) is 0 Å². The lowest BCUT2D eigenvalue weighted by Gasteiger charge is -2.26. The van der Waals surface area contributed by atoms with Gasteiger partial charge in [-0.2, -0.15) is 0 Å². The smallest absolute Gasteiger partial charge is 0.305 e. The number of nitrogens with zero attached hydrogens (tertiary/aromatic N) is 1. The maximum atomic E-state index is 12.8. The van der Waals surface area contributed by atoms with Gasteiger partial charge >= 0.3 is 5.97 Å². The van der Waals surface area contributed by atoms with E-state index in [9.17, 15) is 4.79 Å². The molecule has 1 unspecified atom stereocenters. The minimum Gasteiger partial charge on any atom is -0.490 e. The zero-order chi connectivity index (χ0) is 45.1. The number of allylic oxidation sites excluding steroid dienone is 10. The lowest BCUT2D eigenvalue weighted by Crippen LogP contribution is -2.35. The van der Waals surface area contributed by atoms with E-state index >= 15 is 0 Å². The topological polar surface area (TPSA) is 38.8 Å². The first-order valence-corrected chi connectivity index (χ1v) is 26.9. The normalized spacial score (nSPS) is 12.5. The third kappa shape index (κ3) is 48.7. The number of esters is 1. The summed E-state index contributed by atoms with van der Waals surface area (Å²) in [6.07, 6.45) is 67.1. The summed E-state index contributed by atoms with van der Waals surface area (Å²) in [5.41, 5.74) is 0. The summed E-state index contributed by atoms with van der Waals surface area (Å²) in [5, 5.41) is 0. The molecule has 0 N–H and O–H groups in total. The summed E-state index contributed by atoms with van der Waals surface area (Å²) >= 11 is 0. The van der Waals surface area contributed by atoms with Gasteiger partial charge in [-0.1, -0.05) is 229 Å². The van der Waals surface area contributed by atoms with Crippen molar-refractivity contribution in [3.63, 3.8) is 0 Å². The van der Waals surface area contributed by atoms with Crippen molar-refractivity contribution in [2.45, 2.75) is 264 Å². The number of rotatable bonds is 50. The van der Waals surface area contributed by atoms with Gasteiger partial charge in [-0.05, 0) is 90.6 Å². The Kier molecular flexibility index (Phi) is 49.4. The molecule has 0 aromatic heterocycles. The van der Waals surface area contributed by atoms with Crippen LogP contribution >= 0.6 is 0 Å². The van der Waals surface area contributed by atoms with E-state index < -0.39 is 0 Å². The first-order valence-electron chi connectivity index (χ1n) is 26.9. The van der Waals surface area contributed by atoms with Crippen LogP contribution in [-0.2, 0) is 14.3 Å². The number of likely N-dealkylation sites (N-methyl/N-ethyl adjacent to an activating group) is 1. The second-order valence-electron chi connectivity index (χ2n) is 18.4. The highest BCUT2D eigenvalue weighted by Crippen LogP contribution is 2.17. The Morgan fingerprint density at radius 1 is 0.484 bits per heavy atom. The van der Waals surface area contributed by atoms with E-state index in [1.165, 1.54) is 193 Å². The highest BCUT2D eigenvalue weighted by molar-refractivity contribution is 5.69. The highest BCUT2D eigenvalue weighted by Gasteiger charge is 2.17. The third-order valence-electron chi connectivity index (χ3n) is 12.0.